The average molecular weight is 456 g/mol. The Morgan fingerprint density at radius 3 is 2.72 bits per heavy atom. The van der Waals surface area contributed by atoms with Crippen LogP contribution < -0.4 is 0 Å². The highest BCUT2D eigenvalue weighted by Crippen LogP contribution is 2.42. The first-order chi connectivity index (χ1) is 15.6. The van der Waals surface area contributed by atoms with Crippen LogP contribution in [0.1, 0.15) is 29.3 Å². The van der Waals surface area contributed by atoms with Gasteiger partial charge >= 0.3 is 5.97 Å². The molecule has 32 heavy (non-hydrogen) atoms. The van der Waals surface area contributed by atoms with Crippen LogP contribution in [0.3, 0.4) is 0 Å². The number of esters is 1. The van der Waals surface area contributed by atoms with E-state index in [9.17, 15) is 14.3 Å². The number of rotatable bonds is 5. The normalized spacial score (nSPS) is 16.4. The quantitative estimate of drug-likeness (QED) is 0.456. The van der Waals surface area contributed by atoms with Crippen LogP contribution >= 0.6 is 11.3 Å². The van der Waals surface area contributed by atoms with Gasteiger partial charge in [0.15, 0.2) is 5.76 Å². The van der Waals surface area contributed by atoms with E-state index >= 15 is 0 Å². The van der Waals surface area contributed by atoms with E-state index in [1.165, 1.54) is 35.3 Å². The van der Waals surface area contributed by atoms with Crippen LogP contribution in [-0.4, -0.2) is 50.8 Å². The van der Waals surface area contributed by atoms with E-state index in [0.717, 1.165) is 0 Å². The molecule has 0 bridgehead atoms. The van der Waals surface area contributed by atoms with E-state index in [0.29, 0.717) is 52.9 Å². The van der Waals surface area contributed by atoms with Crippen molar-refractivity contribution in [1.82, 2.24) is 19.5 Å². The third-order valence-corrected chi connectivity index (χ3v) is 6.89. The molecule has 166 valence electrons. The Morgan fingerprint density at radius 1 is 1.28 bits per heavy atom. The van der Waals surface area contributed by atoms with E-state index < -0.39 is 6.04 Å². The standard InChI is InChI=1S/C22H21FN4O4S/c1-30-21(29)13-8-10-26(11-9-13)17(14-5-2-3-6-15(14)23)18-20(28)27-22(32-18)24-19(25-27)16-7-4-12-31-16/h2-7,12-13,17,28H,8-11H2,1H3. The molecule has 4 heterocycles. The lowest BCUT2D eigenvalue weighted by Crippen LogP contribution is -2.39. The molecular weight excluding hydrogens is 435 g/mol. The molecule has 1 atom stereocenters. The fourth-order valence-electron chi connectivity index (χ4n) is 4.20. The highest BCUT2D eigenvalue weighted by molar-refractivity contribution is 7.17. The van der Waals surface area contributed by atoms with Gasteiger partial charge in [0.25, 0.3) is 0 Å². The number of nitrogens with zero attached hydrogens (tertiary/aromatic N) is 4. The molecule has 3 aromatic heterocycles. The number of carbonyl (C=O) groups is 1. The summed E-state index contributed by atoms with van der Waals surface area (Å²) >= 11 is 1.26. The first-order valence-electron chi connectivity index (χ1n) is 10.3. The van der Waals surface area contributed by atoms with Gasteiger partial charge < -0.3 is 14.3 Å². The average Bonchev–Trinajstić information content (AvgIpc) is 3.54. The van der Waals surface area contributed by atoms with Crippen molar-refractivity contribution in [3.05, 3.63) is 58.9 Å². The number of aromatic hydroxyl groups is 1. The van der Waals surface area contributed by atoms with Crippen LogP contribution in [0, 0.1) is 11.7 Å². The Hall–Kier alpha value is -3.24. The molecule has 4 aromatic rings. The van der Waals surface area contributed by atoms with Crippen LogP contribution in [0.4, 0.5) is 4.39 Å². The maximum atomic E-state index is 14.9. The summed E-state index contributed by atoms with van der Waals surface area (Å²) in [6.07, 6.45) is 2.73. The number of benzene rings is 1. The number of hydrogen-bond acceptors (Lipinski definition) is 8. The lowest BCUT2D eigenvalue weighted by atomic mass is 9.93. The minimum Gasteiger partial charge on any atom is -0.492 e. The van der Waals surface area contributed by atoms with Gasteiger partial charge in [0.2, 0.25) is 16.7 Å². The lowest BCUT2D eigenvalue weighted by molar-refractivity contribution is -0.147. The second-order valence-corrected chi connectivity index (χ2v) is 8.66. The van der Waals surface area contributed by atoms with Gasteiger partial charge in [-0.15, -0.1) is 5.10 Å². The highest BCUT2D eigenvalue weighted by Gasteiger charge is 2.35. The van der Waals surface area contributed by atoms with Crippen molar-refractivity contribution in [3.63, 3.8) is 0 Å². The Kier molecular flexibility index (Phi) is 5.40. The zero-order chi connectivity index (χ0) is 22.2. The molecule has 1 saturated heterocycles. The van der Waals surface area contributed by atoms with E-state index in [1.54, 1.807) is 30.3 Å². The van der Waals surface area contributed by atoms with Crippen molar-refractivity contribution < 1.29 is 23.4 Å². The Bertz CT molecular complexity index is 1240. The third-order valence-electron chi connectivity index (χ3n) is 5.82. The zero-order valence-electron chi connectivity index (χ0n) is 17.3. The number of aromatic nitrogens is 3. The van der Waals surface area contributed by atoms with Gasteiger partial charge in [0, 0.05) is 5.56 Å². The van der Waals surface area contributed by atoms with Crippen LogP contribution in [-0.2, 0) is 9.53 Å². The molecule has 8 nitrogen and oxygen atoms in total. The number of hydrogen-bond donors (Lipinski definition) is 1. The molecule has 0 amide bonds. The van der Waals surface area contributed by atoms with Crippen LogP contribution in [0.5, 0.6) is 5.88 Å². The molecular formula is C22H21FN4O4S. The van der Waals surface area contributed by atoms with Crippen molar-refractivity contribution in [2.45, 2.75) is 18.9 Å². The van der Waals surface area contributed by atoms with Gasteiger partial charge in [-0.25, -0.2) is 4.39 Å². The predicted octanol–water partition coefficient (Wildman–Crippen LogP) is 3.87. The van der Waals surface area contributed by atoms with Gasteiger partial charge in [-0.1, -0.05) is 29.5 Å². The van der Waals surface area contributed by atoms with Gasteiger partial charge in [0.05, 0.1) is 30.2 Å². The first kappa shape index (κ1) is 20.7. The van der Waals surface area contributed by atoms with E-state index in [-0.39, 0.29) is 23.6 Å². The first-order valence-corrected chi connectivity index (χ1v) is 11.1. The van der Waals surface area contributed by atoms with Crippen LogP contribution in [0.25, 0.3) is 16.5 Å². The van der Waals surface area contributed by atoms with Crippen molar-refractivity contribution in [2.24, 2.45) is 5.92 Å². The number of thiazole rings is 1. The van der Waals surface area contributed by atoms with Gasteiger partial charge in [0.1, 0.15) is 5.82 Å². The maximum Gasteiger partial charge on any atom is 0.308 e. The Balaban J connectivity index is 1.53. The SMILES string of the molecule is COC(=O)C1CCN(C(c2ccccc2F)c2sc3nc(-c4ccco4)nn3c2O)CC1. The summed E-state index contributed by atoms with van der Waals surface area (Å²) in [4.78, 5) is 19.5. The summed E-state index contributed by atoms with van der Waals surface area (Å²) in [5, 5.41) is 15.4. The molecule has 0 spiro atoms. The molecule has 1 aliphatic heterocycles. The largest absolute Gasteiger partial charge is 0.492 e. The fourth-order valence-corrected chi connectivity index (χ4v) is 5.31. The van der Waals surface area contributed by atoms with Gasteiger partial charge in [-0.3, -0.25) is 9.69 Å². The second kappa shape index (κ2) is 8.36. The molecule has 0 aliphatic carbocycles. The van der Waals surface area contributed by atoms with Crippen molar-refractivity contribution in [2.75, 3.05) is 20.2 Å². The van der Waals surface area contributed by atoms with E-state index in [2.05, 4.69) is 15.0 Å². The van der Waals surface area contributed by atoms with Crippen LogP contribution in [0.2, 0.25) is 0 Å². The molecule has 0 radical (unpaired) electrons. The molecule has 1 aliphatic rings. The highest BCUT2D eigenvalue weighted by atomic mass is 32.1. The van der Waals surface area contributed by atoms with Gasteiger partial charge in [-0.05, 0) is 44.1 Å². The molecule has 5 rings (SSSR count). The fraction of sp³-hybridized carbons (Fsp3) is 0.318. The summed E-state index contributed by atoms with van der Waals surface area (Å²) in [5.74, 6) is 0.0196. The summed E-state index contributed by atoms with van der Waals surface area (Å²) in [5.41, 5.74) is 0.454. The lowest BCUT2D eigenvalue weighted by Gasteiger charge is -2.36. The summed E-state index contributed by atoms with van der Waals surface area (Å²) < 4.78 is 26.5. The second-order valence-electron chi connectivity index (χ2n) is 7.65. The Labute approximate surface area is 186 Å². The number of piperidine rings is 1. The smallest absolute Gasteiger partial charge is 0.308 e. The zero-order valence-corrected chi connectivity index (χ0v) is 18.1. The summed E-state index contributed by atoms with van der Waals surface area (Å²) in [7, 11) is 1.39. The van der Waals surface area contributed by atoms with E-state index in [1.807, 2.05) is 0 Å². The molecule has 0 saturated carbocycles. The topological polar surface area (TPSA) is 93.1 Å². The predicted molar refractivity (Wildman–Crippen MR) is 115 cm³/mol. The molecule has 1 unspecified atom stereocenters. The van der Waals surface area contributed by atoms with Crippen LogP contribution in [0.15, 0.2) is 47.1 Å². The summed E-state index contributed by atoms with van der Waals surface area (Å²) in [6.45, 7) is 1.12. The molecule has 1 fully saturated rings. The number of fused-ring (bicyclic) bond motifs is 1. The minimum atomic E-state index is -0.532. The number of methoxy groups -OCH3 is 1. The monoisotopic (exact) mass is 456 g/mol. The number of likely N-dealkylation sites (tertiary alicyclic amines) is 1. The molecule has 1 N–H and O–H groups in total. The van der Waals surface area contributed by atoms with Crippen molar-refractivity contribution in [1.29, 1.82) is 0 Å². The molecule has 10 heteroatoms. The number of carbonyl (C=O) groups excluding carboxylic acids is 1. The number of ether oxygens (including phenoxy) is 1. The number of furan rings is 1. The number of halogens is 1. The minimum absolute atomic E-state index is 0.0846. The maximum absolute atomic E-state index is 14.9. The van der Waals surface area contributed by atoms with Crippen molar-refractivity contribution in [3.8, 4) is 17.5 Å². The van der Waals surface area contributed by atoms with E-state index in [4.69, 9.17) is 9.15 Å². The molecule has 1 aromatic carbocycles. The Morgan fingerprint density at radius 2 is 2.06 bits per heavy atom. The van der Waals surface area contributed by atoms with Gasteiger partial charge in [-0.2, -0.15) is 9.50 Å². The summed E-state index contributed by atoms with van der Waals surface area (Å²) in [6, 6.07) is 9.48. The third kappa shape index (κ3) is 3.55. The van der Waals surface area contributed by atoms with Crippen molar-refractivity contribution >= 4 is 22.3 Å².